The van der Waals surface area contributed by atoms with Crippen molar-refractivity contribution in [2.45, 2.75) is 17.8 Å². The van der Waals surface area contributed by atoms with Gasteiger partial charge >= 0.3 is 5.91 Å². The van der Waals surface area contributed by atoms with Crippen molar-refractivity contribution in [2.75, 3.05) is 0 Å². The number of nitrogens with two attached hydrogens (primary N) is 1. The first-order valence-electron chi connectivity index (χ1n) is 6.35. The largest absolute Gasteiger partial charge is 0.456 e. The zero-order valence-corrected chi connectivity index (χ0v) is 12.2. The number of benzene rings is 1. The van der Waals surface area contributed by atoms with Crippen LogP contribution in [0.4, 0.5) is 0 Å². The normalized spacial score (nSPS) is 11.0. The smallest absolute Gasteiger partial charge is 0.300 e. The lowest BCUT2D eigenvalue weighted by Gasteiger charge is -1.95. The van der Waals surface area contributed by atoms with E-state index in [-0.39, 0.29) is 5.76 Å². The molecule has 6 nitrogen and oxygen atoms in total. The molecular formula is C14H14N4O2S. The molecule has 0 aliphatic rings. The molecule has 4 N–H and O–H groups in total. The quantitative estimate of drug-likeness (QED) is 0.297. The zero-order valence-electron chi connectivity index (χ0n) is 11.3. The molecule has 0 atom stereocenters. The molecule has 0 saturated carbocycles. The molecule has 3 rings (SSSR count). The fourth-order valence-electron chi connectivity index (χ4n) is 1.99. The predicted molar refractivity (Wildman–Crippen MR) is 80.8 cm³/mol. The minimum Gasteiger partial charge on any atom is -0.456 e. The SMILES string of the molecule is Cc1oc(C(=O)NN)cc1CSc1nc2ccccc2[nH]1. The van der Waals surface area contributed by atoms with Gasteiger partial charge in [0.2, 0.25) is 0 Å². The summed E-state index contributed by atoms with van der Waals surface area (Å²) in [6.45, 7) is 1.82. The van der Waals surface area contributed by atoms with Crippen LogP contribution in [0.1, 0.15) is 21.9 Å². The number of carbonyl (C=O) groups is 1. The summed E-state index contributed by atoms with van der Waals surface area (Å²) in [4.78, 5) is 19.2. The number of amides is 1. The van der Waals surface area contributed by atoms with Crippen LogP contribution in [-0.2, 0) is 5.75 Å². The average Bonchev–Trinajstić information content (AvgIpc) is 3.07. The summed E-state index contributed by atoms with van der Waals surface area (Å²) in [5.41, 5.74) is 4.94. The Hall–Kier alpha value is -2.25. The molecule has 3 aromatic rings. The van der Waals surface area contributed by atoms with Gasteiger partial charge in [-0.3, -0.25) is 10.2 Å². The number of rotatable bonds is 4. The van der Waals surface area contributed by atoms with Crippen LogP contribution in [0.25, 0.3) is 11.0 Å². The number of carbonyl (C=O) groups excluding carboxylic acids is 1. The number of aromatic amines is 1. The fourth-order valence-corrected chi connectivity index (χ4v) is 2.91. The van der Waals surface area contributed by atoms with Crippen LogP contribution in [0, 0.1) is 6.92 Å². The highest BCUT2D eigenvalue weighted by atomic mass is 32.2. The van der Waals surface area contributed by atoms with Crippen LogP contribution in [0.2, 0.25) is 0 Å². The summed E-state index contributed by atoms with van der Waals surface area (Å²) < 4.78 is 5.38. The number of nitrogen functional groups attached to an aromatic ring is 1. The number of aryl methyl sites for hydroxylation is 1. The molecule has 1 amide bonds. The maximum Gasteiger partial charge on any atom is 0.300 e. The number of nitrogens with zero attached hydrogens (tertiary/aromatic N) is 1. The van der Waals surface area contributed by atoms with E-state index >= 15 is 0 Å². The molecule has 0 aliphatic heterocycles. The van der Waals surface area contributed by atoms with Crippen molar-refractivity contribution < 1.29 is 9.21 Å². The maximum absolute atomic E-state index is 11.4. The summed E-state index contributed by atoms with van der Waals surface area (Å²) in [5, 5.41) is 0.835. The molecule has 0 bridgehead atoms. The molecule has 2 aromatic heterocycles. The van der Waals surface area contributed by atoms with E-state index in [0.717, 1.165) is 21.8 Å². The minimum absolute atomic E-state index is 0.218. The van der Waals surface area contributed by atoms with Crippen LogP contribution >= 0.6 is 11.8 Å². The topological polar surface area (TPSA) is 96.9 Å². The van der Waals surface area contributed by atoms with E-state index in [1.807, 2.05) is 31.2 Å². The van der Waals surface area contributed by atoms with Crippen molar-refractivity contribution >= 4 is 28.7 Å². The van der Waals surface area contributed by atoms with Gasteiger partial charge in [0.15, 0.2) is 10.9 Å². The van der Waals surface area contributed by atoms with Gasteiger partial charge in [0, 0.05) is 11.3 Å². The standard InChI is InChI=1S/C14H14N4O2S/c1-8-9(6-12(20-8)13(19)18-15)7-21-14-16-10-4-2-3-5-11(10)17-14/h2-6H,7,15H2,1H3,(H,16,17)(H,18,19). The number of nitrogens with one attached hydrogen (secondary N) is 2. The number of imidazole rings is 1. The Morgan fingerprint density at radius 2 is 2.29 bits per heavy atom. The Morgan fingerprint density at radius 1 is 1.48 bits per heavy atom. The Kier molecular flexibility index (Phi) is 3.68. The molecule has 0 radical (unpaired) electrons. The van der Waals surface area contributed by atoms with E-state index in [4.69, 9.17) is 10.3 Å². The van der Waals surface area contributed by atoms with Gasteiger partial charge < -0.3 is 9.40 Å². The molecule has 1 aromatic carbocycles. The predicted octanol–water partition coefficient (Wildman–Crippen LogP) is 2.36. The van der Waals surface area contributed by atoms with E-state index in [2.05, 4.69) is 15.4 Å². The molecule has 0 spiro atoms. The highest BCUT2D eigenvalue weighted by Crippen LogP contribution is 2.26. The lowest BCUT2D eigenvalue weighted by Crippen LogP contribution is -2.29. The van der Waals surface area contributed by atoms with Gasteiger partial charge in [-0.15, -0.1) is 0 Å². The first kappa shape index (κ1) is 13.7. The summed E-state index contributed by atoms with van der Waals surface area (Å²) in [6, 6.07) is 9.57. The van der Waals surface area contributed by atoms with Crippen molar-refractivity contribution in [1.29, 1.82) is 0 Å². The van der Waals surface area contributed by atoms with Gasteiger partial charge in [-0.2, -0.15) is 0 Å². The fraction of sp³-hybridized carbons (Fsp3) is 0.143. The third-order valence-electron chi connectivity index (χ3n) is 3.11. The van der Waals surface area contributed by atoms with Crippen molar-refractivity contribution in [2.24, 2.45) is 5.84 Å². The monoisotopic (exact) mass is 302 g/mol. The molecule has 0 unspecified atom stereocenters. The molecule has 0 saturated heterocycles. The summed E-state index contributed by atoms with van der Waals surface area (Å²) in [5.74, 6) is 6.24. The van der Waals surface area contributed by atoms with Crippen molar-refractivity contribution in [1.82, 2.24) is 15.4 Å². The van der Waals surface area contributed by atoms with Crippen molar-refractivity contribution in [3.05, 3.63) is 47.4 Å². The first-order chi connectivity index (χ1) is 10.2. The molecule has 108 valence electrons. The Morgan fingerprint density at radius 3 is 3.05 bits per heavy atom. The van der Waals surface area contributed by atoms with E-state index < -0.39 is 5.91 Å². The second-order valence-electron chi connectivity index (χ2n) is 4.51. The van der Waals surface area contributed by atoms with E-state index in [0.29, 0.717) is 11.5 Å². The van der Waals surface area contributed by atoms with Crippen molar-refractivity contribution in [3.63, 3.8) is 0 Å². The Balaban J connectivity index is 1.75. The van der Waals surface area contributed by atoms with Gasteiger partial charge in [-0.05, 0) is 25.1 Å². The average molecular weight is 302 g/mol. The van der Waals surface area contributed by atoms with E-state index in [9.17, 15) is 4.79 Å². The number of furan rings is 1. The summed E-state index contributed by atoms with van der Waals surface area (Å²) >= 11 is 1.56. The maximum atomic E-state index is 11.4. The Labute approximate surface area is 125 Å². The minimum atomic E-state index is -0.432. The second-order valence-corrected chi connectivity index (χ2v) is 5.48. The molecule has 0 aliphatic carbocycles. The number of para-hydroxylation sites is 2. The van der Waals surface area contributed by atoms with Crippen molar-refractivity contribution in [3.8, 4) is 0 Å². The van der Waals surface area contributed by atoms with Crippen LogP contribution in [0.3, 0.4) is 0 Å². The zero-order chi connectivity index (χ0) is 14.8. The van der Waals surface area contributed by atoms with E-state index in [1.54, 1.807) is 17.8 Å². The lowest BCUT2D eigenvalue weighted by atomic mass is 10.3. The van der Waals surface area contributed by atoms with Gasteiger partial charge in [0.05, 0.1) is 11.0 Å². The van der Waals surface area contributed by atoms with Crippen LogP contribution in [0.15, 0.2) is 39.9 Å². The highest BCUT2D eigenvalue weighted by Gasteiger charge is 2.14. The van der Waals surface area contributed by atoms with E-state index in [1.165, 1.54) is 0 Å². The van der Waals surface area contributed by atoms with Crippen LogP contribution in [0.5, 0.6) is 0 Å². The Bertz CT molecular complexity index is 760. The lowest BCUT2D eigenvalue weighted by molar-refractivity contribution is 0.0924. The van der Waals surface area contributed by atoms with Crippen LogP contribution < -0.4 is 11.3 Å². The summed E-state index contributed by atoms with van der Waals surface area (Å²) in [7, 11) is 0. The van der Waals surface area contributed by atoms with Gasteiger partial charge in [-0.25, -0.2) is 10.8 Å². The molecule has 2 heterocycles. The number of H-pyrrole nitrogens is 1. The number of hydrogen-bond donors (Lipinski definition) is 3. The first-order valence-corrected chi connectivity index (χ1v) is 7.33. The van der Waals surface area contributed by atoms with Crippen LogP contribution in [-0.4, -0.2) is 15.9 Å². The molecule has 0 fully saturated rings. The number of thioether (sulfide) groups is 1. The van der Waals surface area contributed by atoms with Gasteiger partial charge in [0.25, 0.3) is 0 Å². The third kappa shape index (κ3) is 2.79. The number of aromatic nitrogens is 2. The second kappa shape index (κ2) is 5.63. The molecule has 7 heteroatoms. The third-order valence-corrected chi connectivity index (χ3v) is 4.03. The number of fused-ring (bicyclic) bond motifs is 1. The number of hydrogen-bond acceptors (Lipinski definition) is 5. The highest BCUT2D eigenvalue weighted by molar-refractivity contribution is 7.98. The molecular weight excluding hydrogens is 288 g/mol. The summed E-state index contributed by atoms with van der Waals surface area (Å²) in [6.07, 6.45) is 0. The van der Waals surface area contributed by atoms with Gasteiger partial charge in [-0.1, -0.05) is 23.9 Å². The number of hydrazine groups is 1. The van der Waals surface area contributed by atoms with Gasteiger partial charge in [0.1, 0.15) is 5.76 Å². The molecule has 21 heavy (non-hydrogen) atoms.